The van der Waals surface area contributed by atoms with Crippen molar-refractivity contribution in [2.75, 3.05) is 25.1 Å². The van der Waals surface area contributed by atoms with E-state index in [9.17, 15) is 9.59 Å². The van der Waals surface area contributed by atoms with E-state index in [-0.39, 0.29) is 24.0 Å². The first kappa shape index (κ1) is 20.9. The molecule has 2 aromatic carbocycles. The molecule has 0 saturated heterocycles. The van der Waals surface area contributed by atoms with Crippen molar-refractivity contribution in [2.24, 2.45) is 0 Å². The summed E-state index contributed by atoms with van der Waals surface area (Å²) in [6, 6.07) is 15.1. The zero-order chi connectivity index (χ0) is 20.8. The van der Waals surface area contributed by atoms with Gasteiger partial charge in [0, 0.05) is 48.2 Å². The van der Waals surface area contributed by atoms with Crippen LogP contribution in [0.2, 0.25) is 0 Å². The molecule has 0 bridgehead atoms. The highest BCUT2D eigenvalue weighted by Crippen LogP contribution is 2.34. The minimum atomic E-state index is -0.274. The summed E-state index contributed by atoms with van der Waals surface area (Å²) in [5, 5.41) is 6.36. The van der Waals surface area contributed by atoms with Gasteiger partial charge in [-0.3, -0.25) is 9.59 Å². The van der Waals surface area contributed by atoms with E-state index in [1.165, 1.54) is 0 Å². The molecule has 6 heteroatoms. The summed E-state index contributed by atoms with van der Waals surface area (Å²) in [4.78, 5) is 27.1. The fraction of sp³-hybridized carbons (Fsp3) is 0.391. The quantitative estimate of drug-likeness (QED) is 0.633. The first-order chi connectivity index (χ1) is 14.0. The largest absolute Gasteiger partial charge is 0.382 e. The molecule has 0 aromatic heterocycles. The number of hydrogen-bond donors (Lipinski definition) is 2. The van der Waals surface area contributed by atoms with Crippen LogP contribution in [0.5, 0.6) is 0 Å². The van der Waals surface area contributed by atoms with Crippen molar-refractivity contribution < 1.29 is 14.3 Å². The first-order valence-electron chi connectivity index (χ1n) is 10.2. The van der Waals surface area contributed by atoms with Crippen molar-refractivity contribution in [1.82, 2.24) is 10.2 Å². The highest BCUT2D eigenvalue weighted by Gasteiger charge is 2.36. The van der Waals surface area contributed by atoms with Crippen LogP contribution >= 0.6 is 0 Å². The van der Waals surface area contributed by atoms with Crippen molar-refractivity contribution in [3.05, 3.63) is 65.2 Å². The number of fused-ring (bicyclic) bond motifs is 1. The van der Waals surface area contributed by atoms with E-state index >= 15 is 0 Å². The predicted octanol–water partition coefficient (Wildman–Crippen LogP) is 3.82. The maximum absolute atomic E-state index is 12.9. The van der Waals surface area contributed by atoms with E-state index in [0.717, 1.165) is 23.2 Å². The lowest BCUT2D eigenvalue weighted by molar-refractivity contribution is 0.0708. The molecular formula is C23H29N3O3. The van der Waals surface area contributed by atoms with Crippen LogP contribution in [-0.2, 0) is 4.74 Å². The Hall–Kier alpha value is -2.86. The molecule has 1 atom stereocenters. The molecule has 2 N–H and O–H groups in total. The Kier molecular flexibility index (Phi) is 6.88. The zero-order valence-corrected chi connectivity index (χ0v) is 17.3. The molecule has 154 valence electrons. The fourth-order valence-corrected chi connectivity index (χ4v) is 3.49. The summed E-state index contributed by atoms with van der Waals surface area (Å²) in [5.41, 5.74) is 3.05. The molecule has 1 aliphatic rings. The molecule has 0 radical (unpaired) electrons. The Morgan fingerprint density at radius 1 is 1.17 bits per heavy atom. The summed E-state index contributed by atoms with van der Waals surface area (Å²) < 4.78 is 5.43. The molecule has 29 heavy (non-hydrogen) atoms. The molecule has 6 nitrogen and oxygen atoms in total. The van der Waals surface area contributed by atoms with Crippen molar-refractivity contribution in [3.63, 3.8) is 0 Å². The minimum absolute atomic E-state index is 0.0169. The molecule has 3 rings (SSSR count). The number of carbonyl (C=O) groups is 2. The Morgan fingerprint density at radius 3 is 2.72 bits per heavy atom. The average Bonchev–Trinajstić information content (AvgIpc) is 2.97. The van der Waals surface area contributed by atoms with Crippen LogP contribution in [0.3, 0.4) is 0 Å². The second-order valence-electron chi connectivity index (χ2n) is 7.39. The lowest BCUT2D eigenvalue weighted by Crippen LogP contribution is -2.34. The maximum Gasteiger partial charge on any atom is 0.256 e. The van der Waals surface area contributed by atoms with Gasteiger partial charge in [-0.25, -0.2) is 0 Å². The number of ether oxygens (including phenoxy) is 1. The second kappa shape index (κ2) is 9.56. The Bertz CT molecular complexity index is 866. The monoisotopic (exact) mass is 395 g/mol. The van der Waals surface area contributed by atoms with Gasteiger partial charge < -0.3 is 20.3 Å². The van der Waals surface area contributed by atoms with Gasteiger partial charge in [0.15, 0.2) is 0 Å². The number of anilines is 1. The Morgan fingerprint density at radius 2 is 1.97 bits per heavy atom. The van der Waals surface area contributed by atoms with Gasteiger partial charge in [-0.05, 0) is 51.5 Å². The maximum atomic E-state index is 12.9. The third kappa shape index (κ3) is 4.95. The average molecular weight is 396 g/mol. The van der Waals surface area contributed by atoms with Gasteiger partial charge in [0.25, 0.3) is 11.8 Å². The van der Waals surface area contributed by atoms with Gasteiger partial charge in [-0.15, -0.1) is 0 Å². The van der Waals surface area contributed by atoms with Crippen LogP contribution in [0.15, 0.2) is 48.5 Å². The van der Waals surface area contributed by atoms with Crippen LogP contribution in [0.4, 0.5) is 5.69 Å². The topological polar surface area (TPSA) is 70.7 Å². The van der Waals surface area contributed by atoms with Crippen LogP contribution in [0.25, 0.3) is 0 Å². The van der Waals surface area contributed by atoms with Crippen molar-refractivity contribution in [2.45, 2.75) is 39.4 Å². The van der Waals surface area contributed by atoms with Gasteiger partial charge >= 0.3 is 0 Å². The highest BCUT2D eigenvalue weighted by atomic mass is 16.5. The van der Waals surface area contributed by atoms with Gasteiger partial charge in [0.2, 0.25) is 0 Å². The molecule has 0 unspecified atom stereocenters. The Balaban J connectivity index is 1.81. The molecule has 1 aliphatic heterocycles. The van der Waals surface area contributed by atoms with E-state index in [1.54, 1.807) is 6.07 Å². The molecule has 0 fully saturated rings. The number of nitrogens with one attached hydrogen (secondary N) is 2. The lowest BCUT2D eigenvalue weighted by Gasteiger charge is -2.27. The molecule has 2 amide bonds. The summed E-state index contributed by atoms with van der Waals surface area (Å²) in [6.45, 7) is 7.71. The molecule has 0 spiro atoms. The van der Waals surface area contributed by atoms with Crippen molar-refractivity contribution >= 4 is 17.5 Å². The standard InChI is InChI=1S/C23H29N3O3/c1-4-29-14-8-13-26-21(19-11-5-6-12-20(19)23(26)28)25-18-10-7-9-17(15-18)22(27)24-16(2)3/h5-7,9-12,15-16,21,25H,4,8,13-14H2,1-3H3,(H,24,27)/t21-/m0/s1. The molecule has 0 aliphatic carbocycles. The normalized spacial score (nSPS) is 15.5. The summed E-state index contributed by atoms with van der Waals surface area (Å²) in [6.07, 6.45) is 0.492. The van der Waals surface area contributed by atoms with E-state index in [2.05, 4.69) is 10.6 Å². The zero-order valence-electron chi connectivity index (χ0n) is 17.3. The SMILES string of the molecule is CCOCCCN1C(=O)c2ccccc2[C@H]1Nc1cccc(C(=O)NC(C)C)c1. The number of hydrogen-bond acceptors (Lipinski definition) is 4. The number of amides is 2. The summed E-state index contributed by atoms with van der Waals surface area (Å²) in [7, 11) is 0. The van der Waals surface area contributed by atoms with E-state index in [0.29, 0.717) is 25.3 Å². The van der Waals surface area contributed by atoms with Crippen molar-refractivity contribution in [3.8, 4) is 0 Å². The first-order valence-corrected chi connectivity index (χ1v) is 10.2. The fourth-order valence-electron chi connectivity index (χ4n) is 3.49. The van der Waals surface area contributed by atoms with Crippen molar-refractivity contribution in [1.29, 1.82) is 0 Å². The molecule has 2 aromatic rings. The third-order valence-corrected chi connectivity index (χ3v) is 4.80. The third-order valence-electron chi connectivity index (χ3n) is 4.80. The van der Waals surface area contributed by atoms with Gasteiger partial charge in [-0.2, -0.15) is 0 Å². The van der Waals surface area contributed by atoms with E-state index in [1.807, 2.05) is 68.1 Å². The number of rotatable bonds is 9. The Labute approximate surface area is 172 Å². The smallest absolute Gasteiger partial charge is 0.256 e. The van der Waals surface area contributed by atoms with Gasteiger partial charge in [-0.1, -0.05) is 24.3 Å². The van der Waals surface area contributed by atoms with E-state index in [4.69, 9.17) is 4.74 Å². The van der Waals surface area contributed by atoms with Crippen LogP contribution in [0, 0.1) is 0 Å². The predicted molar refractivity (Wildman–Crippen MR) is 114 cm³/mol. The number of carbonyl (C=O) groups excluding carboxylic acids is 2. The van der Waals surface area contributed by atoms with E-state index < -0.39 is 0 Å². The number of nitrogens with zero attached hydrogens (tertiary/aromatic N) is 1. The van der Waals surface area contributed by atoms with Crippen LogP contribution in [0.1, 0.15) is 59.6 Å². The second-order valence-corrected chi connectivity index (χ2v) is 7.39. The summed E-state index contributed by atoms with van der Waals surface area (Å²) in [5.74, 6) is -0.0941. The number of benzene rings is 2. The highest BCUT2D eigenvalue weighted by molar-refractivity contribution is 5.99. The van der Waals surface area contributed by atoms with Gasteiger partial charge in [0.1, 0.15) is 6.17 Å². The van der Waals surface area contributed by atoms with Crippen LogP contribution in [-0.4, -0.2) is 42.5 Å². The minimum Gasteiger partial charge on any atom is -0.382 e. The molecular weight excluding hydrogens is 366 g/mol. The summed E-state index contributed by atoms with van der Waals surface area (Å²) >= 11 is 0. The lowest BCUT2D eigenvalue weighted by atomic mass is 10.1. The molecule has 0 saturated carbocycles. The van der Waals surface area contributed by atoms with Crippen LogP contribution < -0.4 is 10.6 Å². The van der Waals surface area contributed by atoms with Gasteiger partial charge in [0.05, 0.1) is 0 Å². The molecule has 1 heterocycles.